The van der Waals surface area contributed by atoms with Gasteiger partial charge >= 0.3 is 18.9 Å². The van der Waals surface area contributed by atoms with Gasteiger partial charge in [-0.1, -0.05) is 38.5 Å². The normalized spacial score (nSPS) is 25.7. The van der Waals surface area contributed by atoms with E-state index in [1.807, 2.05) is 0 Å². The molecule has 0 radical (unpaired) electrons. The molecule has 0 N–H and O–H groups in total. The molecule has 0 atom stereocenters. The molecule has 2 heteroatoms. The minimum absolute atomic E-state index is 0. The first-order chi connectivity index (χ1) is 6.45. The van der Waals surface area contributed by atoms with Crippen molar-refractivity contribution >= 4 is 27.4 Å². The second-order valence-electron chi connectivity index (χ2n) is 4.84. The quantitative estimate of drug-likeness (QED) is 0.477. The number of hydrogen-bond donors (Lipinski definition) is 0. The van der Waals surface area contributed by atoms with Gasteiger partial charge in [-0.3, -0.25) is 0 Å². The van der Waals surface area contributed by atoms with Crippen molar-refractivity contribution < 1.29 is 0 Å². The zero-order valence-electron chi connectivity index (χ0n) is 8.73. The zero-order chi connectivity index (χ0) is 8.93. The van der Waals surface area contributed by atoms with E-state index in [2.05, 4.69) is 0 Å². The molecule has 0 aromatic heterocycles. The maximum atomic E-state index is 1.56. The Morgan fingerprint density at radius 3 is 1.29 bits per heavy atom. The van der Waals surface area contributed by atoms with Crippen LogP contribution in [0, 0.1) is 0 Å². The standard InChI is InChI=1S/C12H23P.Li.H/c1-3-7-11(8-4-1)13-12-9-5-2-6-10-12;;/h11-13H,1-10H2;;. The van der Waals surface area contributed by atoms with Gasteiger partial charge in [-0.2, -0.15) is 0 Å². The van der Waals surface area contributed by atoms with Crippen LogP contribution in [0.5, 0.6) is 0 Å². The van der Waals surface area contributed by atoms with Crippen molar-refractivity contribution in [3.05, 3.63) is 0 Å². The molecule has 0 aromatic carbocycles. The predicted octanol–water partition coefficient (Wildman–Crippen LogP) is 3.68. The molecule has 2 aliphatic carbocycles. The first-order valence-electron chi connectivity index (χ1n) is 6.21. The van der Waals surface area contributed by atoms with E-state index in [4.69, 9.17) is 0 Å². The van der Waals surface area contributed by atoms with Gasteiger partial charge in [0.2, 0.25) is 0 Å². The molecule has 2 aliphatic rings. The first kappa shape index (κ1) is 13.1. The van der Waals surface area contributed by atoms with Gasteiger partial charge in [0, 0.05) is 0 Å². The van der Waals surface area contributed by atoms with Crippen LogP contribution >= 0.6 is 8.58 Å². The van der Waals surface area contributed by atoms with Crippen molar-refractivity contribution in [1.82, 2.24) is 0 Å². The average molecular weight is 206 g/mol. The van der Waals surface area contributed by atoms with E-state index < -0.39 is 0 Å². The molecule has 14 heavy (non-hydrogen) atoms. The molecular formula is C12H24LiP. The third kappa shape index (κ3) is 4.26. The summed E-state index contributed by atoms with van der Waals surface area (Å²) in [6.45, 7) is 0. The van der Waals surface area contributed by atoms with Gasteiger partial charge in [-0.05, 0) is 37.0 Å². The molecule has 78 valence electrons. The third-order valence-electron chi connectivity index (χ3n) is 3.68. The molecule has 0 aliphatic heterocycles. The number of rotatable bonds is 2. The summed E-state index contributed by atoms with van der Waals surface area (Å²) in [5.41, 5.74) is 2.30. The Hall–Kier alpha value is 1.03. The van der Waals surface area contributed by atoms with Crippen LogP contribution in [0.25, 0.3) is 0 Å². The molecule has 0 spiro atoms. The summed E-state index contributed by atoms with van der Waals surface area (Å²) in [4.78, 5) is 0. The van der Waals surface area contributed by atoms with Gasteiger partial charge in [0.25, 0.3) is 0 Å². The summed E-state index contributed by atoms with van der Waals surface area (Å²) in [5, 5.41) is 0. The molecule has 0 saturated heterocycles. The van der Waals surface area contributed by atoms with Crippen molar-refractivity contribution in [3.63, 3.8) is 0 Å². The van der Waals surface area contributed by atoms with E-state index >= 15 is 0 Å². The third-order valence-corrected chi connectivity index (χ3v) is 5.78. The Labute approximate surface area is 103 Å². The van der Waals surface area contributed by atoms with Crippen LogP contribution in [0.15, 0.2) is 0 Å². The fourth-order valence-electron chi connectivity index (χ4n) is 2.87. The summed E-state index contributed by atoms with van der Waals surface area (Å²) in [6, 6.07) is 0. The SMILES string of the molecule is C1CCC(PC2CCCCC2)CC1.[LiH]. The molecule has 0 amide bonds. The Morgan fingerprint density at radius 1 is 0.571 bits per heavy atom. The van der Waals surface area contributed by atoms with Crippen molar-refractivity contribution in [2.24, 2.45) is 0 Å². The van der Waals surface area contributed by atoms with E-state index in [0.29, 0.717) is 0 Å². The van der Waals surface area contributed by atoms with E-state index in [1.54, 1.807) is 25.7 Å². The van der Waals surface area contributed by atoms with Gasteiger partial charge < -0.3 is 0 Å². The summed E-state index contributed by atoms with van der Waals surface area (Å²) >= 11 is 0. The molecular weight excluding hydrogens is 182 g/mol. The summed E-state index contributed by atoms with van der Waals surface area (Å²) in [7, 11) is 1.33. The average Bonchev–Trinajstić information content (AvgIpc) is 2.21. The summed E-state index contributed by atoms with van der Waals surface area (Å²) in [5.74, 6) is 0. The molecule has 0 heterocycles. The monoisotopic (exact) mass is 206 g/mol. The van der Waals surface area contributed by atoms with Crippen molar-refractivity contribution in [1.29, 1.82) is 0 Å². The van der Waals surface area contributed by atoms with Crippen molar-refractivity contribution in [2.45, 2.75) is 75.5 Å². The van der Waals surface area contributed by atoms with E-state index in [0.717, 1.165) is 11.3 Å². The van der Waals surface area contributed by atoms with Gasteiger partial charge in [0.1, 0.15) is 0 Å². The topological polar surface area (TPSA) is 0 Å². The first-order valence-corrected chi connectivity index (χ1v) is 7.37. The fraction of sp³-hybridized carbons (Fsp3) is 1.00. The molecule has 0 nitrogen and oxygen atoms in total. The second kappa shape index (κ2) is 7.33. The van der Waals surface area contributed by atoms with Crippen LogP contribution < -0.4 is 0 Å². The number of hydrogen-bond acceptors (Lipinski definition) is 0. The van der Waals surface area contributed by atoms with Gasteiger partial charge in [-0.15, -0.1) is 8.58 Å². The molecule has 2 rings (SSSR count). The van der Waals surface area contributed by atoms with Crippen molar-refractivity contribution in [3.8, 4) is 0 Å². The summed E-state index contributed by atoms with van der Waals surface area (Å²) < 4.78 is 0. The summed E-state index contributed by atoms with van der Waals surface area (Å²) in [6.07, 6.45) is 15.4. The molecule has 0 unspecified atom stereocenters. The second-order valence-corrected chi connectivity index (χ2v) is 6.80. The van der Waals surface area contributed by atoms with Crippen LogP contribution in [0.1, 0.15) is 64.2 Å². The molecule has 2 saturated carbocycles. The Morgan fingerprint density at radius 2 is 0.929 bits per heavy atom. The van der Waals surface area contributed by atoms with Crippen LogP contribution in [-0.2, 0) is 0 Å². The van der Waals surface area contributed by atoms with E-state index in [-0.39, 0.29) is 18.9 Å². The van der Waals surface area contributed by atoms with E-state index in [9.17, 15) is 0 Å². The van der Waals surface area contributed by atoms with Crippen LogP contribution in [0.4, 0.5) is 0 Å². The minimum atomic E-state index is 0. The Kier molecular flexibility index (Phi) is 6.85. The van der Waals surface area contributed by atoms with E-state index in [1.165, 1.54) is 47.1 Å². The molecule has 0 bridgehead atoms. The van der Waals surface area contributed by atoms with Crippen molar-refractivity contribution in [2.75, 3.05) is 0 Å². The van der Waals surface area contributed by atoms with Crippen LogP contribution in [0.3, 0.4) is 0 Å². The molecule has 0 aromatic rings. The molecule has 2 fully saturated rings. The Bertz CT molecular complexity index is 121. The zero-order valence-corrected chi connectivity index (χ0v) is 9.73. The van der Waals surface area contributed by atoms with Gasteiger partial charge in [-0.25, -0.2) is 0 Å². The maximum absolute atomic E-state index is 1.56. The fourth-order valence-corrected chi connectivity index (χ4v) is 5.02. The predicted molar refractivity (Wildman–Crippen MR) is 69.2 cm³/mol. The Balaban J connectivity index is 0.000000980. The van der Waals surface area contributed by atoms with Gasteiger partial charge in [0.05, 0.1) is 0 Å². The van der Waals surface area contributed by atoms with Crippen LogP contribution in [0.2, 0.25) is 0 Å². The van der Waals surface area contributed by atoms with Crippen LogP contribution in [-0.4, -0.2) is 30.2 Å². The van der Waals surface area contributed by atoms with Gasteiger partial charge in [0.15, 0.2) is 0 Å².